The van der Waals surface area contributed by atoms with Crippen molar-refractivity contribution in [3.05, 3.63) is 15.9 Å². The molecule has 0 radical (unpaired) electrons. The molecule has 0 spiro atoms. The van der Waals surface area contributed by atoms with Crippen LogP contribution in [0.4, 0.5) is 0 Å². The van der Waals surface area contributed by atoms with Gasteiger partial charge in [-0.2, -0.15) is 5.10 Å². The van der Waals surface area contributed by atoms with Crippen LogP contribution in [0.3, 0.4) is 0 Å². The van der Waals surface area contributed by atoms with E-state index in [0.717, 1.165) is 36.2 Å². The topological polar surface area (TPSA) is 41.3 Å². The summed E-state index contributed by atoms with van der Waals surface area (Å²) >= 11 is 3.62. The number of aromatic nitrogens is 2. The normalized spacial score (nSPS) is 32.1. The van der Waals surface area contributed by atoms with Gasteiger partial charge in [-0.15, -0.1) is 0 Å². The molecule has 2 heterocycles. The first-order chi connectivity index (χ1) is 8.56. The molecule has 3 unspecified atom stereocenters. The van der Waals surface area contributed by atoms with Gasteiger partial charge >= 0.3 is 0 Å². The molecule has 1 N–H and O–H groups in total. The highest BCUT2D eigenvalue weighted by atomic mass is 79.9. The molecule has 1 saturated carbocycles. The summed E-state index contributed by atoms with van der Waals surface area (Å²) < 4.78 is 3.09. The van der Waals surface area contributed by atoms with Crippen molar-refractivity contribution >= 4 is 15.9 Å². The van der Waals surface area contributed by atoms with Crippen molar-refractivity contribution in [2.75, 3.05) is 13.1 Å². The zero-order chi connectivity index (χ0) is 12.9. The molecule has 4 nitrogen and oxygen atoms in total. The van der Waals surface area contributed by atoms with Crippen molar-refractivity contribution in [2.45, 2.75) is 32.4 Å². The molecule has 0 amide bonds. The minimum atomic E-state index is -0.0725. The van der Waals surface area contributed by atoms with Gasteiger partial charge < -0.3 is 5.11 Å². The summed E-state index contributed by atoms with van der Waals surface area (Å²) in [6.07, 6.45) is 2.11. The van der Waals surface area contributed by atoms with Crippen LogP contribution in [0.5, 0.6) is 0 Å². The fourth-order valence-corrected chi connectivity index (χ4v) is 3.98. The first-order valence-corrected chi connectivity index (χ1v) is 7.44. The number of nitrogens with zero attached hydrogens (tertiary/aromatic N) is 3. The van der Waals surface area contributed by atoms with Crippen LogP contribution in [0.25, 0.3) is 0 Å². The van der Waals surface area contributed by atoms with E-state index in [-0.39, 0.29) is 6.10 Å². The average molecular weight is 314 g/mol. The SMILES string of the molecule is Cc1nn(C)c(CN2CC3CCC(O)C3C2)c1Br. The molecule has 0 aromatic carbocycles. The van der Waals surface area contributed by atoms with Crippen molar-refractivity contribution in [2.24, 2.45) is 18.9 Å². The molecule has 1 aliphatic heterocycles. The third-order valence-electron chi connectivity index (χ3n) is 4.53. The molecular weight excluding hydrogens is 294 g/mol. The van der Waals surface area contributed by atoms with E-state index in [9.17, 15) is 5.11 Å². The first kappa shape index (κ1) is 12.6. The summed E-state index contributed by atoms with van der Waals surface area (Å²) in [6.45, 7) is 5.11. The van der Waals surface area contributed by atoms with Gasteiger partial charge in [0.05, 0.1) is 22.0 Å². The van der Waals surface area contributed by atoms with Crippen molar-refractivity contribution in [1.82, 2.24) is 14.7 Å². The summed E-state index contributed by atoms with van der Waals surface area (Å²) in [5.41, 5.74) is 2.29. The number of likely N-dealkylation sites (tertiary alicyclic amines) is 1. The maximum atomic E-state index is 9.94. The van der Waals surface area contributed by atoms with E-state index in [1.54, 1.807) is 0 Å². The van der Waals surface area contributed by atoms with Crippen LogP contribution < -0.4 is 0 Å². The lowest BCUT2D eigenvalue weighted by Gasteiger charge is -2.18. The molecule has 5 heteroatoms. The van der Waals surface area contributed by atoms with Gasteiger partial charge in [0.1, 0.15) is 0 Å². The first-order valence-electron chi connectivity index (χ1n) is 6.64. The number of fused-ring (bicyclic) bond motifs is 1. The smallest absolute Gasteiger partial charge is 0.0739 e. The minimum absolute atomic E-state index is 0.0725. The lowest BCUT2D eigenvalue weighted by molar-refractivity contribution is 0.123. The molecule has 2 aliphatic rings. The van der Waals surface area contributed by atoms with Crippen LogP contribution in [0.15, 0.2) is 4.47 Å². The molecule has 1 aromatic rings. The Bertz CT molecular complexity index is 459. The molecule has 3 atom stereocenters. The number of aliphatic hydroxyl groups excluding tert-OH is 1. The molecule has 1 saturated heterocycles. The van der Waals surface area contributed by atoms with Gasteiger partial charge in [0.25, 0.3) is 0 Å². The van der Waals surface area contributed by atoms with E-state index < -0.39 is 0 Å². The third-order valence-corrected chi connectivity index (χ3v) is 5.56. The van der Waals surface area contributed by atoms with Crippen molar-refractivity contribution in [3.63, 3.8) is 0 Å². The maximum absolute atomic E-state index is 9.94. The molecular formula is C13H20BrN3O. The van der Waals surface area contributed by atoms with Gasteiger partial charge in [-0.25, -0.2) is 0 Å². The maximum Gasteiger partial charge on any atom is 0.0739 e. The zero-order valence-electron chi connectivity index (χ0n) is 10.9. The fourth-order valence-electron chi connectivity index (χ4n) is 3.52. The van der Waals surface area contributed by atoms with Crippen LogP contribution in [0.1, 0.15) is 24.2 Å². The fraction of sp³-hybridized carbons (Fsp3) is 0.769. The van der Waals surface area contributed by atoms with E-state index in [4.69, 9.17) is 0 Å². The van der Waals surface area contributed by atoms with E-state index in [1.807, 2.05) is 18.7 Å². The molecule has 3 rings (SSSR count). The number of rotatable bonds is 2. The monoisotopic (exact) mass is 313 g/mol. The lowest BCUT2D eigenvalue weighted by atomic mass is 10.00. The van der Waals surface area contributed by atoms with Gasteiger partial charge in [-0.05, 0) is 41.6 Å². The number of aryl methyl sites for hydroxylation is 2. The second-order valence-electron chi connectivity index (χ2n) is 5.73. The van der Waals surface area contributed by atoms with Gasteiger partial charge in [-0.1, -0.05) is 0 Å². The van der Waals surface area contributed by atoms with Gasteiger partial charge in [-0.3, -0.25) is 9.58 Å². The van der Waals surface area contributed by atoms with E-state index >= 15 is 0 Å². The van der Waals surface area contributed by atoms with E-state index in [1.165, 1.54) is 12.1 Å². The summed E-state index contributed by atoms with van der Waals surface area (Å²) in [4.78, 5) is 2.46. The van der Waals surface area contributed by atoms with Crippen molar-refractivity contribution in [3.8, 4) is 0 Å². The summed E-state index contributed by atoms with van der Waals surface area (Å²) in [5, 5.41) is 14.4. The highest BCUT2D eigenvalue weighted by Crippen LogP contribution is 2.38. The Morgan fingerprint density at radius 1 is 1.39 bits per heavy atom. The van der Waals surface area contributed by atoms with Gasteiger partial charge in [0, 0.05) is 32.6 Å². The largest absolute Gasteiger partial charge is 0.393 e. The minimum Gasteiger partial charge on any atom is -0.393 e. The second kappa shape index (κ2) is 4.62. The Kier molecular flexibility index (Phi) is 3.24. The Morgan fingerprint density at radius 2 is 2.17 bits per heavy atom. The molecule has 1 aliphatic carbocycles. The Labute approximate surface area is 116 Å². The van der Waals surface area contributed by atoms with Crippen molar-refractivity contribution in [1.29, 1.82) is 0 Å². The standard InChI is InChI=1S/C13H20BrN3O/c1-8-13(14)11(16(2)15-8)7-17-5-9-3-4-12(18)10(9)6-17/h9-10,12,18H,3-7H2,1-2H3. The summed E-state index contributed by atoms with van der Waals surface area (Å²) in [5.74, 6) is 1.20. The number of halogens is 1. The Balaban J connectivity index is 1.71. The molecule has 18 heavy (non-hydrogen) atoms. The highest BCUT2D eigenvalue weighted by molar-refractivity contribution is 9.10. The van der Waals surface area contributed by atoms with Crippen LogP contribution in [-0.4, -0.2) is 39.0 Å². The van der Waals surface area contributed by atoms with E-state index in [0.29, 0.717) is 11.8 Å². The van der Waals surface area contributed by atoms with Crippen LogP contribution in [-0.2, 0) is 13.6 Å². The summed E-state index contributed by atoms with van der Waals surface area (Å²) in [7, 11) is 2.00. The van der Waals surface area contributed by atoms with Crippen LogP contribution in [0, 0.1) is 18.8 Å². The number of aliphatic hydroxyl groups is 1. The molecule has 0 bridgehead atoms. The Morgan fingerprint density at radius 3 is 2.78 bits per heavy atom. The summed E-state index contributed by atoms with van der Waals surface area (Å²) in [6, 6.07) is 0. The molecule has 2 fully saturated rings. The van der Waals surface area contributed by atoms with Crippen LogP contribution in [0.2, 0.25) is 0 Å². The van der Waals surface area contributed by atoms with Crippen LogP contribution >= 0.6 is 15.9 Å². The third kappa shape index (κ3) is 2.02. The van der Waals surface area contributed by atoms with Gasteiger partial charge in [0.15, 0.2) is 0 Å². The quantitative estimate of drug-likeness (QED) is 0.903. The molecule has 1 aromatic heterocycles. The molecule has 100 valence electrons. The van der Waals surface area contributed by atoms with E-state index in [2.05, 4.69) is 25.9 Å². The van der Waals surface area contributed by atoms with Crippen molar-refractivity contribution < 1.29 is 5.11 Å². The predicted molar refractivity (Wildman–Crippen MR) is 73.1 cm³/mol. The average Bonchev–Trinajstić information content (AvgIpc) is 2.93. The van der Waals surface area contributed by atoms with Gasteiger partial charge in [0.2, 0.25) is 0 Å². The lowest BCUT2D eigenvalue weighted by Crippen LogP contribution is -2.25. The zero-order valence-corrected chi connectivity index (χ0v) is 12.5. The highest BCUT2D eigenvalue weighted by Gasteiger charge is 2.41. The number of hydrogen-bond acceptors (Lipinski definition) is 3. The Hall–Kier alpha value is -0.390. The predicted octanol–water partition coefficient (Wildman–Crippen LogP) is 1.69. The second-order valence-corrected chi connectivity index (χ2v) is 6.53. The number of hydrogen-bond donors (Lipinski definition) is 1.